The van der Waals surface area contributed by atoms with Crippen LogP contribution in [-0.2, 0) is 0 Å². The Morgan fingerprint density at radius 3 is 2.79 bits per heavy atom. The van der Waals surface area contributed by atoms with Crippen LogP contribution >= 0.6 is 0 Å². The van der Waals surface area contributed by atoms with Crippen LogP contribution in [0, 0.1) is 5.82 Å². The third-order valence-electron chi connectivity index (χ3n) is 4.50. The summed E-state index contributed by atoms with van der Waals surface area (Å²) in [4.78, 5) is 17.6. The van der Waals surface area contributed by atoms with Gasteiger partial charge in [0.25, 0.3) is 0 Å². The summed E-state index contributed by atoms with van der Waals surface area (Å²) < 4.78 is 13.7. The number of pyridine rings is 1. The first kappa shape index (κ1) is 19.5. The molecule has 2 heterocycles. The third-order valence-corrected chi connectivity index (χ3v) is 4.50. The molecule has 3 aromatic rings. The summed E-state index contributed by atoms with van der Waals surface area (Å²) in [6, 6.07) is 8.26. The molecule has 0 saturated carbocycles. The van der Waals surface area contributed by atoms with E-state index >= 15 is 0 Å². The van der Waals surface area contributed by atoms with Crippen molar-refractivity contribution in [1.29, 1.82) is 0 Å². The average Bonchev–Trinajstić information content (AvgIpc) is 2.71. The maximum absolute atomic E-state index is 13.7. The van der Waals surface area contributed by atoms with Crippen molar-refractivity contribution in [2.45, 2.75) is 26.2 Å². The van der Waals surface area contributed by atoms with Crippen molar-refractivity contribution in [2.75, 3.05) is 7.05 Å². The van der Waals surface area contributed by atoms with Crippen molar-refractivity contribution >= 4 is 18.4 Å². The van der Waals surface area contributed by atoms with Crippen LogP contribution in [0.3, 0.4) is 0 Å². The molecule has 0 bridgehead atoms. The Labute approximate surface area is 164 Å². The lowest BCUT2D eigenvalue weighted by molar-refractivity contribution is 0.628. The van der Waals surface area contributed by atoms with Gasteiger partial charge < -0.3 is 0 Å². The van der Waals surface area contributed by atoms with Gasteiger partial charge in [-0.25, -0.2) is 14.4 Å². The predicted molar refractivity (Wildman–Crippen MR) is 113 cm³/mol. The summed E-state index contributed by atoms with van der Waals surface area (Å²) in [7, 11) is 1.76. The zero-order valence-corrected chi connectivity index (χ0v) is 16.2. The number of nitrogens with zero attached hydrogens (tertiary/aromatic N) is 4. The zero-order valence-electron chi connectivity index (χ0n) is 16.2. The minimum absolute atomic E-state index is 0.296. The lowest BCUT2D eigenvalue weighted by atomic mass is 10.0. The van der Waals surface area contributed by atoms with E-state index in [4.69, 9.17) is 0 Å². The van der Waals surface area contributed by atoms with E-state index in [1.165, 1.54) is 12.1 Å². The number of hydrogen-bond acceptors (Lipinski definition) is 4. The number of halogens is 1. The molecule has 142 valence electrons. The first-order valence-corrected chi connectivity index (χ1v) is 9.31. The van der Waals surface area contributed by atoms with Gasteiger partial charge in [0.2, 0.25) is 0 Å². The molecule has 0 unspecified atom stereocenters. The number of hydrogen-bond donors (Lipinski definition) is 0. The largest absolute Gasteiger partial charge is 0.296 e. The van der Waals surface area contributed by atoms with Gasteiger partial charge in [0.05, 0.1) is 5.35 Å². The first-order valence-electron chi connectivity index (χ1n) is 9.31. The summed E-state index contributed by atoms with van der Waals surface area (Å²) in [6.45, 7) is 6.28. The normalized spacial score (nSPS) is 12.4. The van der Waals surface area contributed by atoms with Crippen molar-refractivity contribution in [3.63, 3.8) is 0 Å². The number of aliphatic imine (C=N–C) groups is 1. The van der Waals surface area contributed by atoms with E-state index in [2.05, 4.69) is 33.4 Å². The van der Waals surface area contributed by atoms with E-state index in [1.54, 1.807) is 31.7 Å². The molecule has 3 rings (SSSR count). The van der Waals surface area contributed by atoms with E-state index in [-0.39, 0.29) is 5.82 Å². The van der Waals surface area contributed by atoms with Crippen LogP contribution in [0.5, 0.6) is 0 Å². The Kier molecular flexibility index (Phi) is 6.37. The van der Waals surface area contributed by atoms with E-state index in [1.807, 2.05) is 18.3 Å². The molecule has 0 radical (unpaired) electrons. The van der Waals surface area contributed by atoms with E-state index in [0.29, 0.717) is 11.2 Å². The summed E-state index contributed by atoms with van der Waals surface area (Å²) in [5.41, 5.74) is 3.38. The molecular weight excluding hydrogens is 351 g/mol. The zero-order chi connectivity index (χ0) is 19.9. The van der Waals surface area contributed by atoms with Crippen molar-refractivity contribution < 1.29 is 4.39 Å². The average molecular weight is 374 g/mol. The number of benzene rings is 1. The van der Waals surface area contributed by atoms with Crippen LogP contribution in [-0.4, -0.2) is 28.2 Å². The fraction of sp³-hybridized carbons (Fsp3) is 0.217. The maximum atomic E-state index is 13.7. The maximum Gasteiger partial charge on any atom is 0.160 e. The van der Waals surface area contributed by atoms with Crippen LogP contribution in [0.25, 0.3) is 34.7 Å². The van der Waals surface area contributed by atoms with Gasteiger partial charge in [-0.1, -0.05) is 32.1 Å². The van der Waals surface area contributed by atoms with Crippen LogP contribution in [0.2, 0.25) is 0 Å². The minimum Gasteiger partial charge on any atom is -0.296 e. The lowest BCUT2D eigenvalue weighted by Gasteiger charge is -2.09. The molecule has 0 fully saturated rings. The molecule has 4 nitrogen and oxygen atoms in total. The van der Waals surface area contributed by atoms with E-state index in [0.717, 1.165) is 46.7 Å². The molecule has 0 atom stereocenters. The van der Waals surface area contributed by atoms with Gasteiger partial charge in [-0.2, -0.15) is 0 Å². The highest BCUT2D eigenvalue weighted by molar-refractivity contribution is 6.01. The Balaban J connectivity index is 2.12. The quantitative estimate of drug-likeness (QED) is 0.617. The summed E-state index contributed by atoms with van der Waals surface area (Å²) in [6.07, 6.45) is 10.1. The fourth-order valence-corrected chi connectivity index (χ4v) is 3.08. The Morgan fingerprint density at radius 2 is 2.07 bits per heavy atom. The van der Waals surface area contributed by atoms with Gasteiger partial charge in [0.1, 0.15) is 5.82 Å². The topological polar surface area (TPSA) is 51.0 Å². The molecule has 0 aliphatic carbocycles. The van der Waals surface area contributed by atoms with Crippen LogP contribution < -0.4 is 10.6 Å². The van der Waals surface area contributed by atoms with Crippen molar-refractivity contribution in [3.05, 3.63) is 65.3 Å². The van der Waals surface area contributed by atoms with Gasteiger partial charge in [0, 0.05) is 48.2 Å². The van der Waals surface area contributed by atoms with Crippen LogP contribution in [0.15, 0.2) is 53.9 Å². The molecule has 0 aliphatic heterocycles. The standard InChI is InChI=1S/C23H23FN4/c1-4-5-7-18(13-25-3)21-15-27-23(28-16(21)2)20-10-11-26-14-22(20)17-8-6-9-19(24)12-17/h6,8-15H,2,4-5,7H2,1,3H3/b21-18-,25-13?. The second-order valence-corrected chi connectivity index (χ2v) is 6.50. The van der Waals surface area contributed by atoms with Crippen molar-refractivity contribution in [2.24, 2.45) is 4.99 Å². The first-order chi connectivity index (χ1) is 13.6. The second-order valence-electron chi connectivity index (χ2n) is 6.50. The third kappa shape index (κ3) is 4.36. The van der Waals surface area contributed by atoms with E-state index < -0.39 is 0 Å². The van der Waals surface area contributed by atoms with Crippen LogP contribution in [0.4, 0.5) is 4.39 Å². The highest BCUT2D eigenvalue weighted by Gasteiger charge is 2.11. The molecule has 0 aliphatic rings. The molecule has 0 saturated heterocycles. The molecule has 0 N–H and O–H groups in total. The van der Waals surface area contributed by atoms with Gasteiger partial charge in [-0.15, -0.1) is 0 Å². The molecule has 5 heteroatoms. The molecule has 1 aromatic carbocycles. The Bertz CT molecular complexity index is 1110. The lowest BCUT2D eigenvalue weighted by Crippen LogP contribution is -2.31. The number of unbranched alkanes of at least 4 members (excludes halogenated alkanes) is 1. The minimum atomic E-state index is -0.296. The highest BCUT2D eigenvalue weighted by atomic mass is 19.1. The monoisotopic (exact) mass is 374 g/mol. The SMILES string of the molecule is C=c1nc(-c2ccncc2-c2cccc(F)c2)nc/c1=C(/C=NC)CCCC. The smallest absolute Gasteiger partial charge is 0.160 e. The fourth-order valence-electron chi connectivity index (χ4n) is 3.08. The molecule has 2 aromatic heterocycles. The van der Waals surface area contributed by atoms with Gasteiger partial charge in [-0.05, 0) is 42.2 Å². The van der Waals surface area contributed by atoms with Crippen molar-refractivity contribution in [1.82, 2.24) is 15.0 Å². The van der Waals surface area contributed by atoms with Crippen molar-refractivity contribution in [3.8, 4) is 22.5 Å². The van der Waals surface area contributed by atoms with E-state index in [9.17, 15) is 4.39 Å². The summed E-state index contributed by atoms with van der Waals surface area (Å²) >= 11 is 0. The molecule has 28 heavy (non-hydrogen) atoms. The summed E-state index contributed by atoms with van der Waals surface area (Å²) in [5.74, 6) is 0.245. The van der Waals surface area contributed by atoms with Gasteiger partial charge in [-0.3, -0.25) is 9.98 Å². The van der Waals surface area contributed by atoms with Gasteiger partial charge >= 0.3 is 0 Å². The predicted octanol–water partition coefficient (Wildman–Crippen LogP) is 3.80. The Hall–Kier alpha value is -3.21. The second kappa shape index (κ2) is 9.13. The molecular formula is C23H23FN4. The Morgan fingerprint density at radius 1 is 1.21 bits per heavy atom. The number of aromatic nitrogens is 3. The summed E-state index contributed by atoms with van der Waals surface area (Å²) in [5, 5.41) is 1.56. The molecule has 0 spiro atoms. The van der Waals surface area contributed by atoms with Crippen LogP contribution in [0.1, 0.15) is 26.2 Å². The molecule has 0 amide bonds. The van der Waals surface area contributed by atoms with Gasteiger partial charge in [0.15, 0.2) is 5.82 Å². The number of rotatable bonds is 6. The highest BCUT2D eigenvalue weighted by Crippen LogP contribution is 2.28.